The van der Waals surface area contributed by atoms with Crippen LogP contribution in [0.3, 0.4) is 0 Å². The fourth-order valence-corrected chi connectivity index (χ4v) is 2.06. The third kappa shape index (κ3) is 2.62. The molecular formula is C12H16ClN3O2. The Labute approximate surface area is 111 Å². The van der Waals surface area contributed by atoms with Crippen molar-refractivity contribution in [3.63, 3.8) is 0 Å². The number of nitrogens with zero attached hydrogens (tertiary/aromatic N) is 3. The third-order valence-corrected chi connectivity index (χ3v) is 3.21. The molecule has 0 bridgehead atoms. The minimum atomic E-state index is -0.445. The van der Waals surface area contributed by atoms with Crippen LogP contribution in [0.5, 0.6) is 0 Å². The zero-order valence-electron chi connectivity index (χ0n) is 10.4. The van der Waals surface area contributed by atoms with Gasteiger partial charge in [0.15, 0.2) is 5.69 Å². The van der Waals surface area contributed by atoms with E-state index in [-0.39, 0.29) is 22.5 Å². The zero-order valence-corrected chi connectivity index (χ0v) is 11.2. The molecule has 0 aliphatic carbocycles. The van der Waals surface area contributed by atoms with Gasteiger partial charge in [-0.25, -0.2) is 9.97 Å². The van der Waals surface area contributed by atoms with E-state index in [4.69, 9.17) is 11.6 Å². The predicted octanol–water partition coefficient (Wildman–Crippen LogP) is 1.46. The number of likely N-dealkylation sites (tertiary alicyclic amines) is 1. The molecule has 1 aliphatic heterocycles. The minimum absolute atomic E-state index is 0.137. The van der Waals surface area contributed by atoms with Crippen LogP contribution in [0, 0.1) is 0 Å². The number of carbonyl (C=O) groups is 1. The van der Waals surface area contributed by atoms with Crippen LogP contribution >= 0.6 is 11.6 Å². The van der Waals surface area contributed by atoms with E-state index >= 15 is 0 Å². The van der Waals surface area contributed by atoms with E-state index in [2.05, 4.69) is 9.97 Å². The summed E-state index contributed by atoms with van der Waals surface area (Å²) in [6.45, 7) is 4.79. The Bertz CT molecular complexity index is 465. The van der Waals surface area contributed by atoms with Gasteiger partial charge in [0.1, 0.15) is 5.82 Å². The first-order chi connectivity index (χ1) is 8.49. The molecule has 1 aromatic heterocycles. The number of aliphatic hydroxyl groups is 1. The van der Waals surface area contributed by atoms with Gasteiger partial charge in [0.05, 0.1) is 17.3 Å². The lowest BCUT2D eigenvalue weighted by Crippen LogP contribution is -2.30. The van der Waals surface area contributed by atoms with Gasteiger partial charge in [0.25, 0.3) is 5.91 Å². The summed E-state index contributed by atoms with van der Waals surface area (Å²) in [4.78, 5) is 22.1. The maximum atomic E-state index is 12.2. The molecule has 0 aromatic carbocycles. The third-order valence-electron chi connectivity index (χ3n) is 2.93. The van der Waals surface area contributed by atoms with E-state index in [9.17, 15) is 9.90 Å². The summed E-state index contributed by atoms with van der Waals surface area (Å²) >= 11 is 5.98. The molecule has 1 saturated heterocycles. The Balaban J connectivity index is 2.26. The molecule has 1 fully saturated rings. The second-order valence-electron chi connectivity index (χ2n) is 4.77. The number of carbonyl (C=O) groups excluding carboxylic acids is 1. The quantitative estimate of drug-likeness (QED) is 0.883. The summed E-state index contributed by atoms with van der Waals surface area (Å²) in [7, 11) is 0. The number of hydrogen-bond acceptors (Lipinski definition) is 4. The van der Waals surface area contributed by atoms with Gasteiger partial charge in [0.2, 0.25) is 0 Å². The number of β-amino-alcohol motifs (C(OH)–C–C–N with tert-alkyl or cyclic N) is 1. The van der Waals surface area contributed by atoms with Crippen molar-refractivity contribution in [3.05, 3.63) is 22.7 Å². The van der Waals surface area contributed by atoms with E-state index in [1.807, 2.05) is 13.8 Å². The summed E-state index contributed by atoms with van der Waals surface area (Å²) in [5, 5.41) is 9.70. The van der Waals surface area contributed by atoms with Gasteiger partial charge in [-0.3, -0.25) is 4.79 Å². The molecule has 98 valence electrons. The monoisotopic (exact) mass is 269 g/mol. The van der Waals surface area contributed by atoms with Crippen molar-refractivity contribution in [3.8, 4) is 0 Å². The second-order valence-corrected chi connectivity index (χ2v) is 5.18. The van der Waals surface area contributed by atoms with Gasteiger partial charge < -0.3 is 10.0 Å². The highest BCUT2D eigenvalue weighted by Crippen LogP contribution is 2.20. The van der Waals surface area contributed by atoms with Crippen LogP contribution in [-0.2, 0) is 0 Å². The number of halogens is 1. The maximum absolute atomic E-state index is 12.2. The fourth-order valence-electron chi connectivity index (χ4n) is 1.88. The second kappa shape index (κ2) is 5.20. The molecule has 1 N–H and O–H groups in total. The van der Waals surface area contributed by atoms with E-state index in [1.165, 1.54) is 6.20 Å². The first-order valence-electron chi connectivity index (χ1n) is 5.98. The minimum Gasteiger partial charge on any atom is -0.391 e. The Kier molecular flexibility index (Phi) is 3.82. The zero-order chi connectivity index (χ0) is 13.3. The van der Waals surface area contributed by atoms with Gasteiger partial charge in [-0.15, -0.1) is 0 Å². The van der Waals surface area contributed by atoms with Crippen molar-refractivity contribution in [1.29, 1.82) is 0 Å². The molecule has 1 atom stereocenters. The maximum Gasteiger partial charge on any atom is 0.274 e. The molecule has 2 heterocycles. The van der Waals surface area contributed by atoms with Crippen molar-refractivity contribution < 1.29 is 9.90 Å². The molecule has 0 spiro atoms. The Hall–Kier alpha value is -1.20. The fraction of sp³-hybridized carbons (Fsp3) is 0.583. The van der Waals surface area contributed by atoms with E-state index in [1.54, 1.807) is 4.90 Å². The van der Waals surface area contributed by atoms with Crippen LogP contribution in [0.15, 0.2) is 6.20 Å². The van der Waals surface area contributed by atoms with E-state index in [0.29, 0.717) is 25.3 Å². The summed E-state index contributed by atoms with van der Waals surface area (Å²) < 4.78 is 0. The van der Waals surface area contributed by atoms with Crippen LogP contribution < -0.4 is 0 Å². The molecule has 0 unspecified atom stereocenters. The Morgan fingerprint density at radius 3 is 2.89 bits per heavy atom. The van der Waals surface area contributed by atoms with Crippen molar-refractivity contribution in [2.24, 2.45) is 0 Å². The van der Waals surface area contributed by atoms with Gasteiger partial charge in [0, 0.05) is 19.0 Å². The van der Waals surface area contributed by atoms with E-state index in [0.717, 1.165) is 0 Å². The Morgan fingerprint density at radius 2 is 2.33 bits per heavy atom. The van der Waals surface area contributed by atoms with Crippen molar-refractivity contribution >= 4 is 17.5 Å². The topological polar surface area (TPSA) is 66.3 Å². The number of amides is 1. The van der Waals surface area contributed by atoms with Crippen molar-refractivity contribution in [1.82, 2.24) is 14.9 Å². The van der Waals surface area contributed by atoms with Crippen LogP contribution in [0.2, 0.25) is 5.02 Å². The highest BCUT2D eigenvalue weighted by molar-refractivity contribution is 6.33. The van der Waals surface area contributed by atoms with E-state index < -0.39 is 6.10 Å². The largest absolute Gasteiger partial charge is 0.391 e. The van der Waals surface area contributed by atoms with Gasteiger partial charge in [-0.1, -0.05) is 25.4 Å². The van der Waals surface area contributed by atoms with Crippen LogP contribution in [0.1, 0.15) is 42.5 Å². The molecule has 1 amide bonds. The molecule has 1 aromatic rings. The molecule has 18 heavy (non-hydrogen) atoms. The van der Waals surface area contributed by atoms with Crippen molar-refractivity contribution in [2.45, 2.75) is 32.3 Å². The van der Waals surface area contributed by atoms with Crippen LogP contribution in [0.4, 0.5) is 0 Å². The summed E-state index contributed by atoms with van der Waals surface area (Å²) in [5.41, 5.74) is 0.226. The summed E-state index contributed by atoms with van der Waals surface area (Å²) in [6, 6.07) is 0. The average molecular weight is 270 g/mol. The Morgan fingerprint density at radius 1 is 1.61 bits per heavy atom. The van der Waals surface area contributed by atoms with Crippen molar-refractivity contribution in [2.75, 3.05) is 13.1 Å². The highest BCUT2D eigenvalue weighted by Gasteiger charge is 2.28. The number of aromatic nitrogens is 2. The molecular weight excluding hydrogens is 254 g/mol. The lowest BCUT2D eigenvalue weighted by atomic mass is 10.2. The molecule has 1 aliphatic rings. The SMILES string of the molecule is CC(C)c1ncc(Cl)c(C(=O)N2CC[C@H](O)C2)n1. The summed E-state index contributed by atoms with van der Waals surface area (Å²) in [5.74, 6) is 0.501. The molecule has 2 rings (SSSR count). The van der Waals surface area contributed by atoms with Crippen LogP contribution in [-0.4, -0.2) is 45.1 Å². The normalized spacial score (nSPS) is 19.6. The number of aliphatic hydroxyl groups excluding tert-OH is 1. The smallest absolute Gasteiger partial charge is 0.274 e. The van der Waals surface area contributed by atoms with Gasteiger partial charge in [-0.2, -0.15) is 0 Å². The molecule has 0 saturated carbocycles. The molecule has 5 nitrogen and oxygen atoms in total. The average Bonchev–Trinajstić information content (AvgIpc) is 2.75. The first kappa shape index (κ1) is 13.2. The highest BCUT2D eigenvalue weighted by atomic mass is 35.5. The predicted molar refractivity (Wildman–Crippen MR) is 67.7 cm³/mol. The first-order valence-corrected chi connectivity index (χ1v) is 6.36. The van der Waals surface area contributed by atoms with Gasteiger partial charge in [-0.05, 0) is 6.42 Å². The number of hydrogen-bond donors (Lipinski definition) is 1. The lowest BCUT2D eigenvalue weighted by Gasteiger charge is -2.16. The lowest BCUT2D eigenvalue weighted by molar-refractivity contribution is 0.0759. The summed E-state index contributed by atoms with van der Waals surface area (Å²) in [6.07, 6.45) is 1.62. The molecule has 6 heteroatoms. The standard InChI is InChI=1S/C12H16ClN3O2/c1-7(2)11-14-5-9(13)10(15-11)12(18)16-4-3-8(17)6-16/h5,7-8,17H,3-4,6H2,1-2H3/t8-/m0/s1. The van der Waals surface area contributed by atoms with Gasteiger partial charge >= 0.3 is 0 Å². The number of rotatable bonds is 2. The molecule has 0 radical (unpaired) electrons. The van der Waals surface area contributed by atoms with Crippen LogP contribution in [0.25, 0.3) is 0 Å².